The van der Waals surface area contributed by atoms with Crippen LogP contribution in [0.2, 0.25) is 0 Å². The minimum Gasteiger partial charge on any atom is -0.355 e. The number of nitrogens with zero attached hydrogens (tertiary/aromatic N) is 4. The summed E-state index contributed by atoms with van der Waals surface area (Å²) in [6.45, 7) is 1.45. The average Bonchev–Trinajstić information content (AvgIpc) is 3.09. The van der Waals surface area contributed by atoms with Crippen molar-refractivity contribution in [2.45, 2.75) is 12.8 Å². The minimum atomic E-state index is 0.327. The van der Waals surface area contributed by atoms with E-state index in [0.717, 1.165) is 40.9 Å². The number of nitrogens with one attached hydrogen (secondary N) is 1. The Morgan fingerprint density at radius 3 is 2.73 bits per heavy atom. The van der Waals surface area contributed by atoms with Crippen LogP contribution in [0.15, 0.2) is 36.9 Å². The average molecular weight is 293 g/mol. The van der Waals surface area contributed by atoms with Crippen LogP contribution in [-0.2, 0) is 4.79 Å². The fourth-order valence-electron chi connectivity index (χ4n) is 2.85. The number of piperidine rings is 1. The van der Waals surface area contributed by atoms with Crippen molar-refractivity contribution in [3.8, 4) is 11.1 Å². The molecule has 0 bridgehead atoms. The molecule has 1 aromatic carbocycles. The highest BCUT2D eigenvalue weighted by Gasteiger charge is 2.19. The fourth-order valence-corrected chi connectivity index (χ4v) is 2.85. The van der Waals surface area contributed by atoms with Crippen LogP contribution >= 0.6 is 0 Å². The molecule has 4 rings (SSSR count). The zero-order valence-electron chi connectivity index (χ0n) is 12.0. The Kier molecular flexibility index (Phi) is 3.07. The molecular weight excluding hydrogens is 278 g/mol. The number of anilines is 1. The number of benzene rings is 1. The molecule has 0 radical (unpaired) electrons. The van der Waals surface area contributed by atoms with Gasteiger partial charge in [-0.05, 0) is 17.7 Å². The summed E-state index contributed by atoms with van der Waals surface area (Å²) in [5, 5.41) is 7.83. The summed E-state index contributed by atoms with van der Waals surface area (Å²) in [6.07, 6.45) is 6.43. The molecular formula is C16H15N5O. The molecule has 22 heavy (non-hydrogen) atoms. The van der Waals surface area contributed by atoms with Crippen molar-refractivity contribution >= 4 is 22.5 Å². The molecule has 1 saturated heterocycles. The van der Waals surface area contributed by atoms with Gasteiger partial charge in [0.05, 0.1) is 11.7 Å². The molecule has 6 nitrogen and oxygen atoms in total. The number of rotatable bonds is 2. The Hall–Kier alpha value is -2.76. The lowest BCUT2D eigenvalue weighted by Crippen LogP contribution is -2.34. The van der Waals surface area contributed by atoms with Crippen LogP contribution in [0, 0.1) is 0 Å². The van der Waals surface area contributed by atoms with E-state index in [1.54, 1.807) is 12.5 Å². The van der Waals surface area contributed by atoms with Crippen LogP contribution in [-0.4, -0.2) is 39.0 Å². The molecule has 0 atom stereocenters. The standard InChI is InChI=1S/C16H15N5O/c22-13-3-5-21(6-4-13)16-14-7-11(12-8-19-20-9-12)1-2-15(14)17-10-18-16/h1-2,7-10H,3-6H2,(H,19,20). The maximum absolute atomic E-state index is 11.4. The zero-order chi connectivity index (χ0) is 14.9. The summed E-state index contributed by atoms with van der Waals surface area (Å²) < 4.78 is 0. The lowest BCUT2D eigenvalue weighted by atomic mass is 10.1. The first-order valence-electron chi connectivity index (χ1n) is 7.32. The smallest absolute Gasteiger partial charge is 0.139 e. The van der Waals surface area contributed by atoms with Gasteiger partial charge < -0.3 is 4.90 Å². The van der Waals surface area contributed by atoms with Crippen LogP contribution in [0.3, 0.4) is 0 Å². The van der Waals surface area contributed by atoms with Gasteiger partial charge in [0.1, 0.15) is 17.9 Å². The van der Waals surface area contributed by atoms with E-state index in [2.05, 4.69) is 31.1 Å². The fraction of sp³-hybridized carbons (Fsp3) is 0.250. The van der Waals surface area contributed by atoms with Gasteiger partial charge in [0.15, 0.2) is 0 Å². The van der Waals surface area contributed by atoms with E-state index in [4.69, 9.17) is 0 Å². The highest BCUT2D eigenvalue weighted by atomic mass is 16.1. The molecule has 1 aliphatic heterocycles. The molecule has 0 spiro atoms. The van der Waals surface area contributed by atoms with E-state index in [1.165, 1.54) is 0 Å². The molecule has 3 aromatic rings. The highest BCUT2D eigenvalue weighted by molar-refractivity contribution is 5.93. The van der Waals surface area contributed by atoms with Gasteiger partial charge in [0.2, 0.25) is 0 Å². The van der Waals surface area contributed by atoms with Crippen LogP contribution in [0.1, 0.15) is 12.8 Å². The van der Waals surface area contributed by atoms with Crippen molar-refractivity contribution in [2.75, 3.05) is 18.0 Å². The van der Waals surface area contributed by atoms with Crippen molar-refractivity contribution in [1.29, 1.82) is 0 Å². The van der Waals surface area contributed by atoms with Crippen molar-refractivity contribution in [2.24, 2.45) is 0 Å². The number of hydrogen-bond acceptors (Lipinski definition) is 5. The molecule has 110 valence electrons. The second-order valence-electron chi connectivity index (χ2n) is 5.44. The first kappa shape index (κ1) is 12.9. The van der Waals surface area contributed by atoms with Gasteiger partial charge in [0.25, 0.3) is 0 Å². The number of carbonyl (C=O) groups excluding carboxylic acids is 1. The Labute approximate surface area is 127 Å². The van der Waals surface area contributed by atoms with E-state index < -0.39 is 0 Å². The van der Waals surface area contributed by atoms with Gasteiger partial charge in [-0.1, -0.05) is 6.07 Å². The van der Waals surface area contributed by atoms with Gasteiger partial charge in [-0.2, -0.15) is 5.10 Å². The van der Waals surface area contributed by atoms with Gasteiger partial charge in [-0.25, -0.2) is 9.97 Å². The maximum atomic E-state index is 11.4. The molecule has 3 heterocycles. The minimum absolute atomic E-state index is 0.327. The summed E-state index contributed by atoms with van der Waals surface area (Å²) in [5.74, 6) is 1.23. The number of ketones is 1. The SMILES string of the molecule is O=C1CCN(c2ncnc3ccc(-c4cn[nH]c4)cc23)CC1. The molecule has 1 N–H and O–H groups in total. The quantitative estimate of drug-likeness (QED) is 0.784. The number of H-pyrrole nitrogens is 1. The molecule has 0 saturated carbocycles. The molecule has 0 unspecified atom stereocenters. The first-order valence-corrected chi connectivity index (χ1v) is 7.32. The van der Waals surface area contributed by atoms with E-state index in [9.17, 15) is 4.79 Å². The predicted octanol–water partition coefficient (Wildman–Crippen LogP) is 2.19. The molecule has 0 aliphatic carbocycles. The summed E-state index contributed by atoms with van der Waals surface area (Å²) in [5.41, 5.74) is 3.02. The largest absolute Gasteiger partial charge is 0.355 e. The third-order valence-corrected chi connectivity index (χ3v) is 4.07. The van der Waals surface area contributed by atoms with E-state index >= 15 is 0 Å². The lowest BCUT2D eigenvalue weighted by molar-refractivity contribution is -0.119. The third kappa shape index (κ3) is 2.22. The molecule has 1 aliphatic rings. The number of fused-ring (bicyclic) bond motifs is 1. The Bertz CT molecular complexity index is 818. The summed E-state index contributed by atoms with van der Waals surface area (Å²) in [7, 11) is 0. The predicted molar refractivity (Wildman–Crippen MR) is 83.6 cm³/mol. The van der Waals surface area contributed by atoms with Crippen molar-refractivity contribution in [3.63, 3.8) is 0 Å². The lowest BCUT2D eigenvalue weighted by Gasteiger charge is -2.27. The van der Waals surface area contributed by atoms with Crippen molar-refractivity contribution in [1.82, 2.24) is 20.2 Å². The number of aromatic nitrogens is 4. The summed E-state index contributed by atoms with van der Waals surface area (Å²) in [6, 6.07) is 6.12. The first-order chi connectivity index (χ1) is 10.8. The zero-order valence-corrected chi connectivity index (χ0v) is 12.0. The summed E-state index contributed by atoms with van der Waals surface area (Å²) >= 11 is 0. The highest BCUT2D eigenvalue weighted by Crippen LogP contribution is 2.29. The molecule has 1 fully saturated rings. The van der Waals surface area contributed by atoms with Crippen molar-refractivity contribution in [3.05, 3.63) is 36.9 Å². The van der Waals surface area contributed by atoms with Crippen LogP contribution in [0.25, 0.3) is 22.0 Å². The second-order valence-corrected chi connectivity index (χ2v) is 5.44. The number of hydrogen-bond donors (Lipinski definition) is 1. The van der Waals surface area contributed by atoms with Gasteiger partial charge in [-0.3, -0.25) is 9.89 Å². The monoisotopic (exact) mass is 293 g/mol. The Morgan fingerprint density at radius 2 is 1.95 bits per heavy atom. The van der Waals surface area contributed by atoms with E-state index in [1.807, 2.05) is 18.3 Å². The number of aromatic amines is 1. The topological polar surface area (TPSA) is 74.8 Å². The van der Waals surface area contributed by atoms with Crippen molar-refractivity contribution < 1.29 is 4.79 Å². The van der Waals surface area contributed by atoms with Gasteiger partial charge in [0, 0.05) is 43.1 Å². The van der Waals surface area contributed by atoms with Crippen LogP contribution < -0.4 is 4.90 Å². The maximum Gasteiger partial charge on any atom is 0.139 e. The normalized spacial score (nSPS) is 15.5. The van der Waals surface area contributed by atoms with E-state index in [0.29, 0.717) is 18.6 Å². The number of carbonyl (C=O) groups is 1. The summed E-state index contributed by atoms with van der Waals surface area (Å²) in [4.78, 5) is 22.4. The van der Waals surface area contributed by atoms with Crippen LogP contribution in [0.5, 0.6) is 0 Å². The Balaban J connectivity index is 1.80. The molecule has 2 aromatic heterocycles. The second kappa shape index (κ2) is 5.22. The van der Waals surface area contributed by atoms with Crippen LogP contribution in [0.4, 0.5) is 5.82 Å². The van der Waals surface area contributed by atoms with E-state index in [-0.39, 0.29) is 0 Å². The van der Waals surface area contributed by atoms with Gasteiger partial charge >= 0.3 is 0 Å². The molecule has 0 amide bonds. The third-order valence-electron chi connectivity index (χ3n) is 4.07. The molecule has 6 heteroatoms. The van der Waals surface area contributed by atoms with Gasteiger partial charge in [-0.15, -0.1) is 0 Å². The number of Topliss-reactive ketones (excluding diaryl/α,β-unsaturated/α-hetero) is 1. The Morgan fingerprint density at radius 1 is 1.09 bits per heavy atom.